The van der Waals surface area contributed by atoms with Gasteiger partial charge in [0.25, 0.3) is 0 Å². The summed E-state index contributed by atoms with van der Waals surface area (Å²) in [5.74, 6) is 0.880. The number of piperidine rings is 1. The molecule has 1 amide bonds. The lowest BCUT2D eigenvalue weighted by Gasteiger charge is -2.30. The Kier molecular flexibility index (Phi) is 7.50. The smallest absolute Gasteiger partial charge is 0.243 e. The number of hydrogen-bond acceptors (Lipinski definition) is 6. The molecule has 1 aromatic carbocycles. The number of nitrogens with zero attached hydrogens (tertiary/aromatic N) is 2. The molecule has 0 atom stereocenters. The van der Waals surface area contributed by atoms with Gasteiger partial charge in [-0.05, 0) is 56.5 Å². The SMILES string of the molecule is COc1ccc(S(=O)(=O)N2CCC(C(=O)NCc3ccc(OC(C)C)nc3)CC2)cc1. The summed E-state index contributed by atoms with van der Waals surface area (Å²) in [5.41, 5.74) is 0.879. The van der Waals surface area contributed by atoms with Crippen LogP contribution < -0.4 is 14.8 Å². The Bertz CT molecular complexity index is 967. The molecule has 1 N–H and O–H groups in total. The summed E-state index contributed by atoms with van der Waals surface area (Å²) in [7, 11) is -2.04. The highest BCUT2D eigenvalue weighted by molar-refractivity contribution is 7.89. The normalized spacial score (nSPS) is 15.6. The fraction of sp³-hybridized carbons (Fsp3) is 0.455. The molecule has 8 nitrogen and oxygen atoms in total. The first kappa shape index (κ1) is 23.0. The molecular formula is C22H29N3O5S. The Balaban J connectivity index is 1.50. The van der Waals surface area contributed by atoms with Crippen molar-refractivity contribution in [3.05, 3.63) is 48.2 Å². The highest BCUT2D eigenvalue weighted by Crippen LogP contribution is 2.25. The van der Waals surface area contributed by atoms with E-state index in [-0.39, 0.29) is 22.8 Å². The average molecular weight is 448 g/mol. The summed E-state index contributed by atoms with van der Waals surface area (Å²) < 4.78 is 37.7. The van der Waals surface area contributed by atoms with E-state index in [1.807, 2.05) is 19.9 Å². The van der Waals surface area contributed by atoms with Crippen LogP contribution in [0, 0.1) is 5.92 Å². The minimum Gasteiger partial charge on any atom is -0.497 e. The van der Waals surface area contributed by atoms with Crippen LogP contribution in [0.2, 0.25) is 0 Å². The second-order valence-corrected chi connectivity index (χ2v) is 9.68. The first-order valence-corrected chi connectivity index (χ1v) is 11.8. The fourth-order valence-corrected chi connectivity index (χ4v) is 4.89. The highest BCUT2D eigenvalue weighted by atomic mass is 32.2. The molecule has 0 radical (unpaired) electrons. The van der Waals surface area contributed by atoms with E-state index in [0.29, 0.717) is 44.1 Å². The maximum Gasteiger partial charge on any atom is 0.243 e. The highest BCUT2D eigenvalue weighted by Gasteiger charge is 2.32. The molecule has 1 saturated heterocycles. The molecule has 2 aromatic rings. The van der Waals surface area contributed by atoms with Crippen molar-refractivity contribution in [2.75, 3.05) is 20.2 Å². The second-order valence-electron chi connectivity index (χ2n) is 7.74. The summed E-state index contributed by atoms with van der Waals surface area (Å²) in [6, 6.07) is 9.99. The summed E-state index contributed by atoms with van der Waals surface area (Å²) in [4.78, 5) is 17.0. The van der Waals surface area contributed by atoms with Gasteiger partial charge in [0.1, 0.15) is 5.75 Å². The number of sulfonamides is 1. The van der Waals surface area contributed by atoms with Crippen LogP contribution in [-0.2, 0) is 21.4 Å². The minimum atomic E-state index is -3.58. The van der Waals surface area contributed by atoms with Crippen molar-refractivity contribution < 1.29 is 22.7 Å². The first-order chi connectivity index (χ1) is 14.8. The Hall–Kier alpha value is -2.65. The standard InChI is InChI=1S/C22H29N3O5S/c1-16(2)30-21-9-4-17(14-23-21)15-24-22(26)18-10-12-25(13-11-18)31(27,28)20-7-5-19(29-3)6-8-20/h4-9,14,16,18H,10-13,15H2,1-3H3,(H,24,26). The molecule has 1 aliphatic heterocycles. The van der Waals surface area contributed by atoms with Gasteiger partial charge in [-0.15, -0.1) is 0 Å². The minimum absolute atomic E-state index is 0.0532. The number of ether oxygens (including phenoxy) is 2. The number of carbonyl (C=O) groups excluding carboxylic acids is 1. The molecule has 168 valence electrons. The monoisotopic (exact) mass is 447 g/mol. The molecule has 0 saturated carbocycles. The van der Waals surface area contributed by atoms with Crippen molar-refractivity contribution >= 4 is 15.9 Å². The van der Waals surface area contributed by atoms with Crippen LogP contribution >= 0.6 is 0 Å². The van der Waals surface area contributed by atoms with Crippen molar-refractivity contribution in [3.63, 3.8) is 0 Å². The molecule has 0 unspecified atom stereocenters. The zero-order chi connectivity index (χ0) is 22.4. The summed E-state index contributed by atoms with van der Waals surface area (Å²) >= 11 is 0. The molecule has 1 aromatic heterocycles. The van der Waals surface area contributed by atoms with Crippen LogP contribution in [0.15, 0.2) is 47.5 Å². The van der Waals surface area contributed by atoms with Gasteiger partial charge < -0.3 is 14.8 Å². The lowest BCUT2D eigenvalue weighted by atomic mass is 9.97. The van der Waals surface area contributed by atoms with Gasteiger partial charge in [-0.25, -0.2) is 13.4 Å². The van der Waals surface area contributed by atoms with Crippen LogP contribution in [0.4, 0.5) is 0 Å². The third-order valence-corrected chi connectivity index (χ3v) is 7.06. The third kappa shape index (κ3) is 5.95. The molecule has 0 bridgehead atoms. The van der Waals surface area contributed by atoms with E-state index in [4.69, 9.17) is 9.47 Å². The van der Waals surface area contributed by atoms with E-state index >= 15 is 0 Å². The van der Waals surface area contributed by atoms with Gasteiger partial charge in [0.05, 0.1) is 18.1 Å². The Morgan fingerprint density at radius 2 is 1.84 bits per heavy atom. The Morgan fingerprint density at radius 3 is 2.39 bits per heavy atom. The maximum absolute atomic E-state index is 12.8. The zero-order valence-corrected chi connectivity index (χ0v) is 18.9. The van der Waals surface area contributed by atoms with Crippen molar-refractivity contribution in [3.8, 4) is 11.6 Å². The predicted octanol–water partition coefficient (Wildman–Crippen LogP) is 2.59. The van der Waals surface area contributed by atoms with Crippen molar-refractivity contribution in [2.24, 2.45) is 5.92 Å². The lowest BCUT2D eigenvalue weighted by Crippen LogP contribution is -2.42. The van der Waals surface area contributed by atoms with Crippen molar-refractivity contribution in [1.82, 2.24) is 14.6 Å². The number of nitrogens with one attached hydrogen (secondary N) is 1. The first-order valence-electron chi connectivity index (χ1n) is 10.3. The molecule has 0 aliphatic carbocycles. The topological polar surface area (TPSA) is 97.8 Å². The van der Waals surface area contributed by atoms with Crippen molar-refractivity contribution in [1.29, 1.82) is 0 Å². The zero-order valence-electron chi connectivity index (χ0n) is 18.1. The molecule has 9 heteroatoms. The van der Waals surface area contributed by atoms with Gasteiger partial charge in [-0.3, -0.25) is 4.79 Å². The van der Waals surface area contributed by atoms with E-state index in [1.165, 1.54) is 11.4 Å². The lowest BCUT2D eigenvalue weighted by molar-refractivity contribution is -0.126. The molecule has 3 rings (SSSR count). The quantitative estimate of drug-likeness (QED) is 0.668. The summed E-state index contributed by atoms with van der Waals surface area (Å²) in [6.07, 6.45) is 2.71. The Morgan fingerprint density at radius 1 is 1.16 bits per heavy atom. The number of hydrogen-bond donors (Lipinski definition) is 1. The van der Waals surface area contributed by atoms with Crippen LogP contribution in [0.1, 0.15) is 32.3 Å². The second kappa shape index (κ2) is 10.1. The van der Waals surface area contributed by atoms with Gasteiger partial charge in [0.2, 0.25) is 21.8 Å². The largest absolute Gasteiger partial charge is 0.497 e. The molecule has 0 spiro atoms. The number of rotatable bonds is 8. The molecule has 2 heterocycles. The number of carbonyl (C=O) groups is 1. The van der Waals surface area contributed by atoms with E-state index < -0.39 is 10.0 Å². The molecular weight excluding hydrogens is 418 g/mol. The number of benzene rings is 1. The maximum atomic E-state index is 12.8. The summed E-state index contributed by atoms with van der Waals surface area (Å²) in [5, 5.41) is 2.93. The van der Waals surface area contributed by atoms with E-state index in [9.17, 15) is 13.2 Å². The van der Waals surface area contributed by atoms with E-state index in [0.717, 1.165) is 5.56 Å². The van der Waals surface area contributed by atoms with Gasteiger partial charge in [0.15, 0.2) is 0 Å². The average Bonchev–Trinajstić information content (AvgIpc) is 2.78. The van der Waals surface area contributed by atoms with Gasteiger partial charge in [-0.2, -0.15) is 4.31 Å². The van der Waals surface area contributed by atoms with E-state index in [1.54, 1.807) is 36.5 Å². The molecule has 31 heavy (non-hydrogen) atoms. The van der Waals surface area contributed by atoms with Gasteiger partial charge in [0, 0.05) is 37.8 Å². The number of amides is 1. The van der Waals surface area contributed by atoms with Crippen LogP contribution in [0.3, 0.4) is 0 Å². The number of aromatic nitrogens is 1. The fourth-order valence-electron chi connectivity index (χ4n) is 3.42. The van der Waals surface area contributed by atoms with Gasteiger partial charge >= 0.3 is 0 Å². The van der Waals surface area contributed by atoms with Crippen molar-refractivity contribution in [2.45, 2.75) is 44.2 Å². The predicted molar refractivity (Wildman–Crippen MR) is 116 cm³/mol. The summed E-state index contributed by atoms with van der Waals surface area (Å²) in [6.45, 7) is 4.87. The molecule has 1 fully saturated rings. The molecule has 1 aliphatic rings. The van der Waals surface area contributed by atoms with E-state index in [2.05, 4.69) is 10.3 Å². The van der Waals surface area contributed by atoms with Crippen LogP contribution in [0.5, 0.6) is 11.6 Å². The van der Waals surface area contributed by atoms with Crippen LogP contribution in [0.25, 0.3) is 0 Å². The van der Waals surface area contributed by atoms with Crippen LogP contribution in [-0.4, -0.2) is 49.9 Å². The Labute approximate surface area is 183 Å². The number of pyridine rings is 1. The number of methoxy groups -OCH3 is 1. The third-order valence-electron chi connectivity index (χ3n) is 5.14. The van der Waals surface area contributed by atoms with Gasteiger partial charge in [-0.1, -0.05) is 6.07 Å².